The lowest BCUT2D eigenvalue weighted by molar-refractivity contribution is 0.0693. The molecule has 6 nitrogen and oxygen atoms in total. The molecule has 32 heavy (non-hydrogen) atoms. The summed E-state index contributed by atoms with van der Waals surface area (Å²) >= 11 is 0. The molecule has 1 aliphatic heterocycles. The number of amides is 1. The van der Waals surface area contributed by atoms with Crippen LogP contribution in [0.1, 0.15) is 15.9 Å². The minimum Gasteiger partial charge on any atom is -0.488 e. The molecule has 3 aromatic carbocycles. The SMILES string of the molecule is O=C(c1ccccc1OCc1ccc(F)cc1)N1CCN(S(=O)(=O)c2ccccc2)CC1. The van der Waals surface area contributed by atoms with Crippen molar-refractivity contribution in [2.75, 3.05) is 26.2 Å². The van der Waals surface area contributed by atoms with Crippen LogP contribution in [0.3, 0.4) is 0 Å². The van der Waals surface area contributed by atoms with Gasteiger partial charge in [-0.1, -0.05) is 42.5 Å². The maximum absolute atomic E-state index is 13.1. The van der Waals surface area contributed by atoms with Crippen molar-refractivity contribution in [2.45, 2.75) is 11.5 Å². The number of carbonyl (C=O) groups excluding carboxylic acids is 1. The molecule has 1 fully saturated rings. The van der Waals surface area contributed by atoms with Gasteiger partial charge in [0.1, 0.15) is 18.2 Å². The highest BCUT2D eigenvalue weighted by Gasteiger charge is 2.31. The van der Waals surface area contributed by atoms with E-state index in [4.69, 9.17) is 4.74 Å². The van der Waals surface area contributed by atoms with E-state index in [1.807, 2.05) is 0 Å². The zero-order valence-corrected chi connectivity index (χ0v) is 18.2. The van der Waals surface area contributed by atoms with E-state index in [-0.39, 0.29) is 49.4 Å². The van der Waals surface area contributed by atoms with E-state index < -0.39 is 10.0 Å². The summed E-state index contributed by atoms with van der Waals surface area (Å²) in [6.07, 6.45) is 0. The molecule has 3 aromatic rings. The Kier molecular flexibility index (Phi) is 6.53. The van der Waals surface area contributed by atoms with Gasteiger partial charge < -0.3 is 9.64 Å². The van der Waals surface area contributed by atoms with Crippen molar-refractivity contribution in [3.63, 3.8) is 0 Å². The molecular weight excluding hydrogens is 431 g/mol. The maximum atomic E-state index is 13.1. The lowest BCUT2D eigenvalue weighted by Crippen LogP contribution is -2.50. The second kappa shape index (κ2) is 9.50. The number of hydrogen-bond acceptors (Lipinski definition) is 4. The third-order valence-corrected chi connectivity index (χ3v) is 7.24. The molecule has 0 atom stereocenters. The molecule has 0 saturated carbocycles. The molecule has 1 saturated heterocycles. The second-order valence-corrected chi connectivity index (χ2v) is 9.36. The van der Waals surface area contributed by atoms with Gasteiger partial charge in [0.2, 0.25) is 10.0 Å². The van der Waals surface area contributed by atoms with Gasteiger partial charge in [-0.2, -0.15) is 4.31 Å². The van der Waals surface area contributed by atoms with Crippen molar-refractivity contribution >= 4 is 15.9 Å². The molecule has 0 radical (unpaired) electrons. The highest BCUT2D eigenvalue weighted by molar-refractivity contribution is 7.89. The van der Waals surface area contributed by atoms with Gasteiger partial charge in [-0.3, -0.25) is 4.79 Å². The molecule has 1 amide bonds. The lowest BCUT2D eigenvalue weighted by atomic mass is 10.1. The second-order valence-electron chi connectivity index (χ2n) is 7.42. The van der Waals surface area contributed by atoms with Crippen LogP contribution in [0.25, 0.3) is 0 Å². The van der Waals surface area contributed by atoms with E-state index in [1.165, 1.54) is 16.4 Å². The Balaban J connectivity index is 1.42. The summed E-state index contributed by atoms with van der Waals surface area (Å²) in [5, 5.41) is 0. The predicted molar refractivity (Wildman–Crippen MR) is 118 cm³/mol. The van der Waals surface area contributed by atoms with Crippen molar-refractivity contribution in [1.29, 1.82) is 0 Å². The summed E-state index contributed by atoms with van der Waals surface area (Å²) in [5.74, 6) is -0.102. The van der Waals surface area contributed by atoms with Crippen LogP contribution in [0.2, 0.25) is 0 Å². The third kappa shape index (κ3) is 4.81. The van der Waals surface area contributed by atoms with Crippen molar-refractivity contribution in [3.8, 4) is 5.75 Å². The van der Waals surface area contributed by atoms with Crippen molar-refractivity contribution in [2.24, 2.45) is 0 Å². The number of carbonyl (C=O) groups is 1. The van der Waals surface area contributed by atoms with E-state index in [1.54, 1.807) is 71.6 Å². The first-order chi connectivity index (χ1) is 15.4. The Morgan fingerprint density at radius 2 is 1.47 bits per heavy atom. The summed E-state index contributed by atoms with van der Waals surface area (Å²) in [6, 6.07) is 21.2. The fourth-order valence-corrected chi connectivity index (χ4v) is 5.00. The monoisotopic (exact) mass is 454 g/mol. The molecule has 4 rings (SSSR count). The fourth-order valence-electron chi connectivity index (χ4n) is 3.55. The van der Waals surface area contributed by atoms with Gasteiger partial charge >= 0.3 is 0 Å². The van der Waals surface area contributed by atoms with E-state index in [0.29, 0.717) is 11.3 Å². The largest absolute Gasteiger partial charge is 0.488 e. The molecule has 0 aromatic heterocycles. The van der Waals surface area contributed by atoms with Gasteiger partial charge in [-0.05, 0) is 42.0 Å². The Morgan fingerprint density at radius 1 is 0.844 bits per heavy atom. The number of rotatable bonds is 6. The lowest BCUT2D eigenvalue weighted by Gasteiger charge is -2.34. The number of hydrogen-bond donors (Lipinski definition) is 0. The minimum atomic E-state index is -3.58. The smallest absolute Gasteiger partial charge is 0.257 e. The van der Waals surface area contributed by atoms with E-state index in [0.717, 1.165) is 5.56 Å². The van der Waals surface area contributed by atoms with Gasteiger partial charge in [0.05, 0.1) is 10.5 Å². The normalized spacial score (nSPS) is 14.8. The molecule has 0 N–H and O–H groups in total. The zero-order valence-electron chi connectivity index (χ0n) is 17.4. The average molecular weight is 455 g/mol. The topological polar surface area (TPSA) is 66.9 Å². The predicted octanol–water partition coefficient (Wildman–Crippen LogP) is 3.55. The summed E-state index contributed by atoms with van der Waals surface area (Å²) in [4.78, 5) is 15.0. The van der Waals surface area contributed by atoms with Gasteiger partial charge in [0.15, 0.2) is 0 Å². The first kappa shape index (κ1) is 22.0. The van der Waals surface area contributed by atoms with Crippen LogP contribution in [0.4, 0.5) is 4.39 Å². The molecule has 0 unspecified atom stereocenters. The fraction of sp³-hybridized carbons (Fsp3) is 0.208. The van der Waals surface area contributed by atoms with Crippen LogP contribution >= 0.6 is 0 Å². The maximum Gasteiger partial charge on any atom is 0.257 e. The van der Waals surface area contributed by atoms with E-state index in [9.17, 15) is 17.6 Å². The van der Waals surface area contributed by atoms with Crippen LogP contribution in [-0.4, -0.2) is 49.7 Å². The highest BCUT2D eigenvalue weighted by atomic mass is 32.2. The molecule has 166 valence electrons. The molecule has 0 bridgehead atoms. The number of benzene rings is 3. The number of nitrogens with zero attached hydrogens (tertiary/aromatic N) is 2. The van der Waals surface area contributed by atoms with Gasteiger partial charge in [-0.15, -0.1) is 0 Å². The van der Waals surface area contributed by atoms with Crippen LogP contribution in [0.5, 0.6) is 5.75 Å². The van der Waals surface area contributed by atoms with Crippen molar-refractivity contribution < 1.29 is 22.3 Å². The minimum absolute atomic E-state index is 0.202. The number of piperazine rings is 1. The number of halogens is 1. The summed E-state index contributed by atoms with van der Waals surface area (Å²) in [7, 11) is -3.58. The summed E-state index contributed by atoms with van der Waals surface area (Å²) < 4.78 is 45.9. The first-order valence-electron chi connectivity index (χ1n) is 10.3. The number of sulfonamides is 1. The average Bonchev–Trinajstić information content (AvgIpc) is 2.84. The molecule has 1 aliphatic rings. The van der Waals surface area contributed by atoms with Crippen molar-refractivity contribution in [1.82, 2.24) is 9.21 Å². The van der Waals surface area contributed by atoms with Crippen LogP contribution in [0, 0.1) is 5.82 Å². The Hall–Kier alpha value is -3.23. The summed E-state index contributed by atoms with van der Waals surface area (Å²) in [6.45, 7) is 1.23. The van der Waals surface area contributed by atoms with E-state index in [2.05, 4.69) is 0 Å². The molecular formula is C24H23FN2O4S. The molecule has 8 heteroatoms. The molecule has 0 aliphatic carbocycles. The van der Waals surface area contributed by atoms with Crippen molar-refractivity contribution in [3.05, 3.63) is 95.8 Å². The van der Waals surface area contributed by atoms with Gasteiger partial charge in [0.25, 0.3) is 5.91 Å². The third-order valence-electron chi connectivity index (χ3n) is 5.33. The Bertz CT molecular complexity index is 1180. The first-order valence-corrected chi connectivity index (χ1v) is 11.7. The Morgan fingerprint density at radius 3 is 2.16 bits per heavy atom. The zero-order chi connectivity index (χ0) is 22.6. The van der Waals surface area contributed by atoms with Gasteiger partial charge in [-0.25, -0.2) is 12.8 Å². The van der Waals surface area contributed by atoms with Gasteiger partial charge in [0, 0.05) is 26.2 Å². The standard InChI is InChI=1S/C24H23FN2O4S/c25-20-12-10-19(11-13-20)18-31-23-9-5-4-8-22(23)24(28)26-14-16-27(17-15-26)32(29,30)21-6-2-1-3-7-21/h1-13H,14-18H2. The molecule has 0 spiro atoms. The number of ether oxygens (including phenoxy) is 1. The quantitative estimate of drug-likeness (QED) is 0.571. The highest BCUT2D eigenvalue weighted by Crippen LogP contribution is 2.23. The van der Waals surface area contributed by atoms with Crippen LogP contribution in [-0.2, 0) is 16.6 Å². The van der Waals surface area contributed by atoms with Crippen LogP contribution in [0.15, 0.2) is 83.8 Å². The summed E-state index contributed by atoms with van der Waals surface area (Å²) in [5.41, 5.74) is 1.20. The Labute approximate surface area is 186 Å². The number of para-hydroxylation sites is 1. The molecule has 1 heterocycles. The van der Waals surface area contributed by atoms with E-state index >= 15 is 0 Å². The van der Waals surface area contributed by atoms with Crippen LogP contribution < -0.4 is 4.74 Å².